The summed E-state index contributed by atoms with van der Waals surface area (Å²) >= 11 is 0. The van der Waals surface area contributed by atoms with Crippen LogP contribution in [0.4, 0.5) is 4.79 Å². The van der Waals surface area contributed by atoms with Gasteiger partial charge in [-0.1, -0.05) is 0 Å². The predicted molar refractivity (Wildman–Crippen MR) is 43.8 cm³/mol. The van der Waals surface area contributed by atoms with Gasteiger partial charge in [-0.3, -0.25) is 9.69 Å². The summed E-state index contributed by atoms with van der Waals surface area (Å²) in [6.45, 7) is 1.75. The van der Waals surface area contributed by atoms with Crippen molar-refractivity contribution in [3.63, 3.8) is 0 Å². The first-order valence-corrected chi connectivity index (χ1v) is 3.98. The van der Waals surface area contributed by atoms with Crippen LogP contribution in [0.1, 0.15) is 19.8 Å². The topological polar surface area (TPSA) is 66.8 Å². The zero-order chi connectivity index (χ0) is 9.84. The van der Waals surface area contributed by atoms with Crippen LogP contribution in [0.3, 0.4) is 0 Å². The fourth-order valence-corrected chi connectivity index (χ4v) is 1.14. The average molecular weight is 185 g/mol. The second kappa shape index (κ2) is 3.93. The molecule has 0 unspecified atom stereocenters. The Kier molecular flexibility index (Phi) is 2.89. The van der Waals surface area contributed by atoms with E-state index in [1.165, 1.54) is 13.1 Å². The molecule has 5 heteroatoms. The Bertz CT molecular complexity index is 259. The molecule has 0 saturated carbocycles. The molecule has 72 valence electrons. The largest absolute Gasteiger partial charge is 0.465 e. The first-order valence-electron chi connectivity index (χ1n) is 3.98. The number of carboxylic acid groups (broad SMARTS) is 1. The van der Waals surface area contributed by atoms with Crippen LogP contribution in [0.2, 0.25) is 0 Å². The Morgan fingerprint density at radius 3 is 2.85 bits per heavy atom. The van der Waals surface area contributed by atoms with E-state index in [-0.39, 0.29) is 0 Å². The second-order valence-corrected chi connectivity index (χ2v) is 2.77. The fraction of sp³-hybridized carbons (Fsp3) is 0.500. The molecular formula is C8H11NO4. The summed E-state index contributed by atoms with van der Waals surface area (Å²) in [7, 11) is 0. The van der Waals surface area contributed by atoms with Crippen LogP contribution in [-0.4, -0.2) is 28.6 Å². The zero-order valence-electron chi connectivity index (χ0n) is 7.32. The van der Waals surface area contributed by atoms with Crippen molar-refractivity contribution < 1.29 is 19.4 Å². The third-order valence-electron chi connectivity index (χ3n) is 1.64. The third kappa shape index (κ3) is 2.77. The molecule has 0 bridgehead atoms. The Morgan fingerprint density at radius 1 is 1.62 bits per heavy atom. The van der Waals surface area contributed by atoms with Crippen LogP contribution in [-0.2, 0) is 9.53 Å². The van der Waals surface area contributed by atoms with Gasteiger partial charge in [0.25, 0.3) is 0 Å². The van der Waals surface area contributed by atoms with Crippen LogP contribution >= 0.6 is 0 Å². The molecular weight excluding hydrogens is 174 g/mol. The van der Waals surface area contributed by atoms with Gasteiger partial charge in [0.1, 0.15) is 5.76 Å². The molecule has 0 fully saturated rings. The molecule has 1 amide bonds. The summed E-state index contributed by atoms with van der Waals surface area (Å²) in [5.74, 6) is -0.000334. The minimum atomic E-state index is -1.02. The lowest BCUT2D eigenvalue weighted by atomic mass is 10.2. The van der Waals surface area contributed by atoms with Crippen molar-refractivity contribution in [2.24, 2.45) is 0 Å². The number of carbonyl (C=O) groups excluding carboxylic acids is 1. The summed E-state index contributed by atoms with van der Waals surface area (Å²) in [6.07, 6.45) is 1.63. The first kappa shape index (κ1) is 9.57. The predicted octanol–water partition coefficient (Wildman–Crippen LogP) is 1.16. The van der Waals surface area contributed by atoms with Crippen LogP contribution in [0.15, 0.2) is 12.0 Å². The summed E-state index contributed by atoms with van der Waals surface area (Å²) < 4.78 is 4.79. The molecule has 1 rings (SSSR count). The molecule has 1 N–H and O–H groups in total. The molecule has 1 aliphatic heterocycles. The molecule has 1 aliphatic rings. The highest BCUT2D eigenvalue weighted by molar-refractivity contribution is 5.68. The SMILES string of the molecule is CC(=O)OC1=CN(C(=O)O)CCC1. The van der Waals surface area contributed by atoms with Gasteiger partial charge in [0.15, 0.2) is 0 Å². The number of amides is 1. The number of rotatable bonds is 1. The van der Waals surface area contributed by atoms with Crippen molar-refractivity contribution >= 4 is 12.1 Å². The first-order chi connectivity index (χ1) is 6.09. The zero-order valence-corrected chi connectivity index (χ0v) is 7.32. The molecule has 5 nitrogen and oxygen atoms in total. The van der Waals surface area contributed by atoms with Crippen molar-refractivity contribution in [3.8, 4) is 0 Å². The van der Waals surface area contributed by atoms with E-state index < -0.39 is 12.1 Å². The van der Waals surface area contributed by atoms with Crippen molar-refractivity contribution in [1.29, 1.82) is 0 Å². The maximum absolute atomic E-state index is 10.6. The van der Waals surface area contributed by atoms with Gasteiger partial charge >= 0.3 is 12.1 Å². The lowest BCUT2D eigenvalue weighted by molar-refractivity contribution is -0.137. The van der Waals surface area contributed by atoms with E-state index in [2.05, 4.69) is 0 Å². The number of esters is 1. The summed E-state index contributed by atoms with van der Waals surface area (Å²) in [5, 5.41) is 8.63. The minimum Gasteiger partial charge on any atom is -0.465 e. The van der Waals surface area contributed by atoms with Crippen LogP contribution in [0, 0.1) is 0 Å². The molecule has 0 radical (unpaired) electrons. The van der Waals surface area contributed by atoms with Gasteiger partial charge < -0.3 is 9.84 Å². The molecule has 1 heterocycles. The standard InChI is InChI=1S/C8H11NO4/c1-6(10)13-7-3-2-4-9(5-7)8(11)12/h5H,2-4H2,1H3,(H,11,12). The van der Waals surface area contributed by atoms with E-state index in [1.54, 1.807) is 0 Å². The molecule has 0 spiro atoms. The van der Waals surface area contributed by atoms with E-state index in [4.69, 9.17) is 9.84 Å². The van der Waals surface area contributed by atoms with E-state index in [0.717, 1.165) is 4.90 Å². The maximum atomic E-state index is 10.6. The van der Waals surface area contributed by atoms with Crippen LogP contribution < -0.4 is 0 Å². The van der Waals surface area contributed by atoms with Gasteiger partial charge in [-0.2, -0.15) is 0 Å². The van der Waals surface area contributed by atoms with Crippen LogP contribution in [0.25, 0.3) is 0 Å². The number of ether oxygens (including phenoxy) is 1. The average Bonchev–Trinajstić information content (AvgIpc) is 2.03. The van der Waals surface area contributed by atoms with Gasteiger partial charge in [-0.05, 0) is 6.42 Å². The van der Waals surface area contributed by atoms with Gasteiger partial charge in [-0.25, -0.2) is 4.79 Å². The Labute approximate surface area is 75.6 Å². The number of nitrogens with zero attached hydrogens (tertiary/aromatic N) is 1. The number of carbonyl (C=O) groups is 2. The Morgan fingerprint density at radius 2 is 2.31 bits per heavy atom. The van der Waals surface area contributed by atoms with Crippen LogP contribution in [0.5, 0.6) is 0 Å². The summed E-state index contributed by atoms with van der Waals surface area (Å²) in [4.78, 5) is 22.2. The Hall–Kier alpha value is -1.52. The molecule has 0 aromatic rings. The Balaban J connectivity index is 2.63. The summed E-state index contributed by atoms with van der Waals surface area (Å²) in [6, 6.07) is 0. The van der Waals surface area contributed by atoms with E-state index in [0.29, 0.717) is 25.1 Å². The normalized spacial score (nSPS) is 16.4. The molecule has 0 aromatic carbocycles. The highest BCUT2D eigenvalue weighted by Gasteiger charge is 2.16. The van der Waals surface area contributed by atoms with Gasteiger partial charge in [0.2, 0.25) is 0 Å². The van der Waals surface area contributed by atoms with Gasteiger partial charge in [-0.15, -0.1) is 0 Å². The molecule has 0 aliphatic carbocycles. The monoisotopic (exact) mass is 185 g/mol. The lowest BCUT2D eigenvalue weighted by Crippen LogP contribution is -2.28. The molecule has 0 saturated heterocycles. The van der Waals surface area contributed by atoms with E-state index in [9.17, 15) is 9.59 Å². The maximum Gasteiger partial charge on any atom is 0.411 e. The van der Waals surface area contributed by atoms with Crippen molar-refractivity contribution in [1.82, 2.24) is 4.90 Å². The van der Waals surface area contributed by atoms with Crippen molar-refractivity contribution in [2.45, 2.75) is 19.8 Å². The van der Waals surface area contributed by atoms with Crippen molar-refractivity contribution in [2.75, 3.05) is 6.54 Å². The van der Waals surface area contributed by atoms with E-state index >= 15 is 0 Å². The smallest absolute Gasteiger partial charge is 0.411 e. The second-order valence-electron chi connectivity index (χ2n) is 2.77. The van der Waals surface area contributed by atoms with E-state index in [1.807, 2.05) is 0 Å². The van der Waals surface area contributed by atoms with Gasteiger partial charge in [0, 0.05) is 26.1 Å². The lowest BCUT2D eigenvalue weighted by Gasteiger charge is -2.21. The number of hydrogen-bond donors (Lipinski definition) is 1. The minimum absolute atomic E-state index is 0.418. The molecule has 0 atom stereocenters. The van der Waals surface area contributed by atoms with Gasteiger partial charge in [0.05, 0.1) is 0 Å². The quantitative estimate of drug-likeness (QED) is 0.622. The summed E-state index contributed by atoms with van der Waals surface area (Å²) in [5.41, 5.74) is 0. The number of allylic oxidation sites excluding steroid dienone is 1. The highest BCUT2D eigenvalue weighted by atomic mass is 16.5. The highest BCUT2D eigenvalue weighted by Crippen LogP contribution is 2.15. The third-order valence-corrected chi connectivity index (χ3v) is 1.64. The van der Waals surface area contributed by atoms with Crippen molar-refractivity contribution in [3.05, 3.63) is 12.0 Å². The molecule has 13 heavy (non-hydrogen) atoms. The fourth-order valence-electron chi connectivity index (χ4n) is 1.14. The number of hydrogen-bond acceptors (Lipinski definition) is 3. The molecule has 0 aromatic heterocycles.